The number of benzene rings is 2. The van der Waals surface area contributed by atoms with Crippen LogP contribution in [0.25, 0.3) is 44.6 Å². The zero-order chi connectivity index (χ0) is 45.3. The first-order chi connectivity index (χ1) is 31.5. The van der Waals surface area contributed by atoms with E-state index < -0.39 is 5.97 Å². The lowest BCUT2D eigenvalue weighted by molar-refractivity contribution is 0.0657. The molecule has 0 aliphatic carbocycles. The number of carbonyl (C=O) groups excluding carboxylic acids is 1. The molecule has 65 heavy (non-hydrogen) atoms. The van der Waals surface area contributed by atoms with Gasteiger partial charge in [-0.25, -0.2) is 24.7 Å². The largest absolute Gasteiger partial charge is 0.477 e. The molecule has 6 aromatic heterocycles. The van der Waals surface area contributed by atoms with Gasteiger partial charge in [0.05, 0.1) is 22.8 Å². The van der Waals surface area contributed by atoms with Gasteiger partial charge in [-0.3, -0.25) is 14.8 Å². The minimum absolute atomic E-state index is 0.0360. The summed E-state index contributed by atoms with van der Waals surface area (Å²) < 4.78 is 0. The van der Waals surface area contributed by atoms with Crippen molar-refractivity contribution >= 4 is 80.2 Å². The van der Waals surface area contributed by atoms with Crippen molar-refractivity contribution in [1.29, 1.82) is 0 Å². The number of likely N-dealkylation sites (tertiary alicyclic amines) is 1. The number of fused-ring (bicyclic) bond motifs is 2. The molecule has 0 saturated carbocycles. The number of aromatic nitrogens is 8. The molecule has 2 aliphatic rings. The number of hydrogen-bond acceptors (Lipinski definition) is 12. The van der Waals surface area contributed by atoms with Crippen molar-refractivity contribution in [2.75, 3.05) is 64.0 Å². The summed E-state index contributed by atoms with van der Waals surface area (Å²) in [5, 5.41) is 18.3. The number of anilines is 4. The summed E-state index contributed by atoms with van der Waals surface area (Å²) in [6.45, 7) is 5.91. The van der Waals surface area contributed by atoms with Gasteiger partial charge in [-0.1, -0.05) is 29.6 Å². The number of nitrogens with one attached hydrogen (secondary N) is 4. The fraction of sp³-hybridized carbons (Fsp3) is 0.234. The Hall–Kier alpha value is -6.98. The van der Waals surface area contributed by atoms with Crippen LogP contribution >= 0.6 is 23.2 Å². The van der Waals surface area contributed by atoms with Crippen LogP contribution in [0.2, 0.25) is 10.0 Å². The summed E-state index contributed by atoms with van der Waals surface area (Å²) in [6, 6.07) is 25.2. The maximum atomic E-state index is 12.9. The Labute approximate surface area is 385 Å². The Morgan fingerprint density at radius 1 is 0.554 bits per heavy atom. The number of likely N-dealkylation sites (N-methyl/N-ethyl adjacent to an activating group) is 1. The van der Waals surface area contributed by atoms with E-state index in [1.165, 1.54) is 32.4 Å². The van der Waals surface area contributed by atoms with Gasteiger partial charge in [-0.15, -0.1) is 0 Å². The first kappa shape index (κ1) is 44.6. The van der Waals surface area contributed by atoms with E-state index >= 15 is 0 Å². The number of rotatable bonds is 8. The molecule has 0 atom stereocenters. The van der Waals surface area contributed by atoms with Gasteiger partial charge in [0.25, 0.3) is 5.91 Å². The SMILES string of the molecule is CN1CCCCC1.CN1CCN(C(=O)c2cc3cc(Nc4nccc(-c5cc(Cl)ccn5)n4)ccc3[nH]2)CC1.O=C(O)c1cc2cc(Nc3nccc(-c4cc(Cl)ccn4)n3)ccc2[nH]1. The number of carboxylic acid groups (broad SMARTS) is 1. The molecule has 8 heterocycles. The Balaban J connectivity index is 0.000000156. The number of hydrogen-bond donors (Lipinski definition) is 5. The topological polar surface area (TPSA) is 197 Å². The summed E-state index contributed by atoms with van der Waals surface area (Å²) in [6.07, 6.45) is 10.8. The molecule has 0 bridgehead atoms. The van der Waals surface area contributed by atoms with E-state index in [4.69, 9.17) is 28.3 Å². The predicted octanol–water partition coefficient (Wildman–Crippen LogP) is 9.02. The molecule has 8 aromatic rings. The van der Waals surface area contributed by atoms with Crippen LogP contribution in [0, 0.1) is 0 Å². The minimum Gasteiger partial charge on any atom is -0.477 e. The molecule has 10 rings (SSSR count). The van der Waals surface area contributed by atoms with Crippen LogP contribution < -0.4 is 10.6 Å². The Bertz CT molecular complexity index is 2930. The molecule has 16 nitrogen and oxygen atoms in total. The molecule has 5 N–H and O–H groups in total. The fourth-order valence-electron chi connectivity index (χ4n) is 7.35. The van der Waals surface area contributed by atoms with Gasteiger partial charge in [0.1, 0.15) is 11.4 Å². The standard InChI is InChI=1S/C23H22ClN7O.C18H12ClN5O2.C6H13N/c1-30-8-10-31(11-9-30)22(32)21-13-15-12-17(2-3-18(15)28-21)27-23-26-7-5-19(29-23)20-14-16(24)4-6-25-20;19-11-3-5-20-15(9-11)14-4-6-21-18(24-14)22-12-1-2-13-10(7-12)8-16(23-13)17(25)26;1-7-5-3-2-4-6-7/h2-7,12-14,28H,8-11H2,1H3,(H,26,27,29);1-9,23H,(H,25,26)(H,21,22,24);2-6H2,1H3. The van der Waals surface area contributed by atoms with Gasteiger partial charge in [0.15, 0.2) is 0 Å². The Kier molecular flexibility index (Phi) is 14.2. The summed E-state index contributed by atoms with van der Waals surface area (Å²) in [5.74, 6) is -0.111. The van der Waals surface area contributed by atoms with Gasteiger partial charge in [0, 0.05) is 94.2 Å². The highest BCUT2D eigenvalue weighted by molar-refractivity contribution is 6.31. The molecule has 0 spiro atoms. The van der Waals surface area contributed by atoms with Crippen LogP contribution in [0.15, 0.2) is 110 Å². The Morgan fingerprint density at radius 2 is 1.03 bits per heavy atom. The molecule has 0 unspecified atom stereocenters. The van der Waals surface area contributed by atoms with E-state index in [0.29, 0.717) is 50.4 Å². The van der Waals surface area contributed by atoms with Gasteiger partial charge in [0.2, 0.25) is 11.9 Å². The van der Waals surface area contributed by atoms with Crippen molar-refractivity contribution in [3.63, 3.8) is 0 Å². The fourth-order valence-corrected chi connectivity index (χ4v) is 7.67. The van der Waals surface area contributed by atoms with Gasteiger partial charge < -0.3 is 40.4 Å². The van der Waals surface area contributed by atoms with Gasteiger partial charge in [-0.05, 0) is 125 Å². The molecule has 2 saturated heterocycles. The van der Waals surface area contributed by atoms with E-state index in [9.17, 15) is 9.59 Å². The van der Waals surface area contributed by atoms with E-state index in [1.54, 1.807) is 73.3 Å². The molecule has 0 radical (unpaired) electrons. The molecule has 2 aromatic carbocycles. The first-order valence-electron chi connectivity index (χ1n) is 21.1. The zero-order valence-corrected chi connectivity index (χ0v) is 37.3. The molecule has 1 amide bonds. The third kappa shape index (κ3) is 11.8. The lowest BCUT2D eigenvalue weighted by Gasteiger charge is -2.32. The van der Waals surface area contributed by atoms with Crippen molar-refractivity contribution in [3.05, 3.63) is 131 Å². The quantitative estimate of drug-likeness (QED) is 0.0969. The second kappa shape index (κ2) is 20.7. The van der Waals surface area contributed by atoms with Crippen molar-refractivity contribution in [3.8, 4) is 22.8 Å². The molecule has 2 aliphatic heterocycles. The molecular weight excluding hydrogens is 866 g/mol. The smallest absolute Gasteiger partial charge is 0.352 e. The minimum atomic E-state index is -0.999. The number of aromatic carboxylic acids is 1. The number of carboxylic acids is 1. The summed E-state index contributed by atoms with van der Waals surface area (Å²) in [7, 11) is 4.27. The number of amides is 1. The highest BCUT2D eigenvalue weighted by atomic mass is 35.5. The second-order valence-electron chi connectivity index (χ2n) is 15.7. The summed E-state index contributed by atoms with van der Waals surface area (Å²) in [4.78, 5) is 62.6. The monoisotopic (exact) mass is 911 g/mol. The van der Waals surface area contributed by atoms with Crippen LogP contribution in [-0.4, -0.2) is 125 Å². The number of aromatic amines is 2. The van der Waals surface area contributed by atoms with E-state index in [2.05, 4.69) is 74.4 Å². The highest BCUT2D eigenvalue weighted by Gasteiger charge is 2.22. The second-order valence-corrected chi connectivity index (χ2v) is 16.6. The number of carbonyl (C=O) groups is 2. The average molecular weight is 913 g/mol. The Morgan fingerprint density at radius 3 is 1.51 bits per heavy atom. The van der Waals surface area contributed by atoms with Crippen molar-refractivity contribution in [2.24, 2.45) is 0 Å². The van der Waals surface area contributed by atoms with Gasteiger partial charge in [-0.2, -0.15) is 0 Å². The average Bonchev–Trinajstić information content (AvgIpc) is 3.95. The van der Waals surface area contributed by atoms with Crippen molar-refractivity contribution < 1.29 is 14.7 Å². The number of H-pyrrole nitrogens is 2. The lowest BCUT2D eigenvalue weighted by atomic mass is 10.1. The van der Waals surface area contributed by atoms with Crippen LogP contribution in [0.1, 0.15) is 40.2 Å². The first-order valence-corrected chi connectivity index (χ1v) is 21.9. The third-order valence-electron chi connectivity index (χ3n) is 10.9. The number of piperazine rings is 1. The maximum Gasteiger partial charge on any atom is 0.352 e. The van der Waals surface area contributed by atoms with E-state index in [0.717, 1.165) is 59.4 Å². The number of halogens is 2. The predicted molar refractivity (Wildman–Crippen MR) is 255 cm³/mol. The van der Waals surface area contributed by atoms with Crippen LogP contribution in [0.5, 0.6) is 0 Å². The number of nitrogens with zero attached hydrogens (tertiary/aromatic N) is 9. The third-order valence-corrected chi connectivity index (χ3v) is 11.3. The zero-order valence-electron chi connectivity index (χ0n) is 35.8. The van der Waals surface area contributed by atoms with E-state index in [-0.39, 0.29) is 11.6 Å². The van der Waals surface area contributed by atoms with Crippen LogP contribution in [-0.2, 0) is 0 Å². The number of pyridine rings is 2. The van der Waals surface area contributed by atoms with Crippen molar-refractivity contribution in [2.45, 2.75) is 19.3 Å². The normalized spacial score (nSPS) is 14.2. The highest BCUT2D eigenvalue weighted by Crippen LogP contribution is 2.26. The van der Waals surface area contributed by atoms with Crippen LogP contribution in [0.4, 0.5) is 23.3 Å². The molecular formula is C47H47Cl2N13O3. The molecule has 18 heteroatoms. The van der Waals surface area contributed by atoms with Gasteiger partial charge >= 0.3 is 5.97 Å². The van der Waals surface area contributed by atoms with Crippen molar-refractivity contribution in [1.82, 2.24) is 54.6 Å². The summed E-state index contributed by atoms with van der Waals surface area (Å²) in [5.41, 5.74) is 6.60. The summed E-state index contributed by atoms with van der Waals surface area (Å²) >= 11 is 12.1. The maximum absolute atomic E-state index is 12.9. The number of piperidine rings is 1. The van der Waals surface area contributed by atoms with E-state index in [1.807, 2.05) is 41.3 Å². The van der Waals surface area contributed by atoms with Crippen LogP contribution in [0.3, 0.4) is 0 Å². The molecule has 2 fully saturated rings. The molecule has 332 valence electrons. The lowest BCUT2D eigenvalue weighted by Crippen LogP contribution is -2.47.